The van der Waals surface area contributed by atoms with Gasteiger partial charge in [0.25, 0.3) is 0 Å². The molecule has 0 atom stereocenters. The Balaban J connectivity index is 1.53. The van der Waals surface area contributed by atoms with Crippen LogP contribution in [0.5, 0.6) is 5.75 Å². The average molecular weight is 503 g/mol. The van der Waals surface area contributed by atoms with Crippen molar-refractivity contribution >= 4 is 11.5 Å². The largest absolute Gasteiger partial charge is 0.497 e. The van der Waals surface area contributed by atoms with E-state index in [1.807, 2.05) is 6.07 Å². The topological polar surface area (TPSA) is 93.5 Å². The van der Waals surface area contributed by atoms with E-state index in [2.05, 4.69) is 30.4 Å². The minimum atomic E-state index is -4.67. The fourth-order valence-electron chi connectivity index (χ4n) is 4.59. The molecule has 37 heavy (non-hydrogen) atoms. The lowest BCUT2D eigenvalue weighted by atomic mass is 10.1. The lowest BCUT2D eigenvalue weighted by Gasteiger charge is -2.13. The molecule has 6 rings (SSSR count). The number of aryl methyl sites for hydroxylation is 1. The molecule has 2 N–H and O–H groups in total. The summed E-state index contributed by atoms with van der Waals surface area (Å²) >= 11 is 0. The quantitative estimate of drug-likeness (QED) is 0.314. The molecule has 5 heterocycles. The Labute approximate surface area is 209 Å². The molecule has 0 amide bonds. The van der Waals surface area contributed by atoms with Crippen LogP contribution in [0.1, 0.15) is 17.0 Å². The second-order valence-electron chi connectivity index (χ2n) is 8.57. The molecule has 0 saturated carbocycles. The van der Waals surface area contributed by atoms with Gasteiger partial charge >= 0.3 is 6.18 Å². The standard InChI is InChI=1S/C26H20F3N7O/c1-14-20(23(26(27,28)29)36(35-14)13-15-5-7-16(37-2)8-6-15)25-33-21-17-9-11-30-12-19(17)32-24-18(22(21)34-25)4-3-10-31-24/h3-12H,13H2,1-2H3,(H,31,32)(H,33,34). The summed E-state index contributed by atoms with van der Waals surface area (Å²) in [7, 11) is 1.53. The van der Waals surface area contributed by atoms with Gasteiger partial charge in [-0.05, 0) is 42.8 Å². The number of aromatic amines is 1. The van der Waals surface area contributed by atoms with E-state index in [4.69, 9.17) is 4.74 Å². The number of hydrogen-bond donors (Lipinski definition) is 2. The van der Waals surface area contributed by atoms with Crippen LogP contribution >= 0.6 is 0 Å². The first-order valence-corrected chi connectivity index (χ1v) is 11.4. The van der Waals surface area contributed by atoms with Crippen LogP contribution in [0.3, 0.4) is 0 Å². The molecule has 0 spiro atoms. The molecule has 0 radical (unpaired) electrons. The van der Waals surface area contributed by atoms with Crippen molar-refractivity contribution in [3.05, 3.63) is 78.0 Å². The van der Waals surface area contributed by atoms with Gasteiger partial charge in [0.15, 0.2) is 5.69 Å². The van der Waals surface area contributed by atoms with Gasteiger partial charge in [0.05, 0.1) is 42.5 Å². The second kappa shape index (κ2) is 8.47. The molecule has 186 valence electrons. The Morgan fingerprint density at radius 2 is 1.84 bits per heavy atom. The zero-order valence-electron chi connectivity index (χ0n) is 19.8. The highest BCUT2D eigenvalue weighted by Gasteiger charge is 2.41. The van der Waals surface area contributed by atoms with Gasteiger partial charge in [-0.15, -0.1) is 0 Å². The van der Waals surface area contributed by atoms with Crippen molar-refractivity contribution < 1.29 is 17.9 Å². The molecular formula is C26H20F3N7O. The van der Waals surface area contributed by atoms with E-state index in [0.29, 0.717) is 39.8 Å². The van der Waals surface area contributed by atoms with Crippen molar-refractivity contribution in [2.24, 2.45) is 0 Å². The predicted molar refractivity (Wildman–Crippen MR) is 131 cm³/mol. The third-order valence-electron chi connectivity index (χ3n) is 6.23. The second-order valence-corrected chi connectivity index (χ2v) is 8.57. The smallest absolute Gasteiger partial charge is 0.433 e. The fourth-order valence-corrected chi connectivity index (χ4v) is 4.59. The summed E-state index contributed by atoms with van der Waals surface area (Å²) in [6.07, 6.45) is 0.224. The lowest BCUT2D eigenvalue weighted by Crippen LogP contribution is -2.16. The summed E-state index contributed by atoms with van der Waals surface area (Å²) < 4.78 is 49.6. The molecule has 8 nitrogen and oxygen atoms in total. The highest BCUT2D eigenvalue weighted by Crippen LogP contribution is 2.45. The normalized spacial score (nSPS) is 12.2. The molecule has 0 fully saturated rings. The van der Waals surface area contributed by atoms with E-state index in [-0.39, 0.29) is 23.6 Å². The van der Waals surface area contributed by atoms with E-state index in [1.165, 1.54) is 7.11 Å². The Morgan fingerprint density at radius 1 is 1.03 bits per heavy atom. The Kier molecular flexibility index (Phi) is 5.21. The minimum absolute atomic E-state index is 0.0642. The van der Waals surface area contributed by atoms with Crippen LogP contribution in [-0.4, -0.2) is 36.8 Å². The van der Waals surface area contributed by atoms with Crippen LogP contribution in [0.2, 0.25) is 0 Å². The van der Waals surface area contributed by atoms with E-state index in [9.17, 15) is 13.2 Å². The maximum absolute atomic E-state index is 14.5. The number of rotatable bonds is 4. The molecular weight excluding hydrogens is 483 g/mol. The predicted octanol–water partition coefficient (Wildman–Crippen LogP) is 5.84. The van der Waals surface area contributed by atoms with Crippen LogP contribution < -0.4 is 10.1 Å². The number of methoxy groups -OCH3 is 1. The first-order valence-electron chi connectivity index (χ1n) is 11.4. The molecule has 5 aromatic rings. The van der Waals surface area contributed by atoms with Crippen molar-refractivity contribution in [2.75, 3.05) is 12.4 Å². The number of halogens is 3. The average Bonchev–Trinajstić information content (AvgIpc) is 3.42. The van der Waals surface area contributed by atoms with Gasteiger partial charge in [0.2, 0.25) is 0 Å². The van der Waals surface area contributed by atoms with Crippen LogP contribution in [0, 0.1) is 6.92 Å². The number of alkyl halides is 3. The molecule has 4 aromatic heterocycles. The Bertz CT molecular complexity index is 1560. The maximum Gasteiger partial charge on any atom is 0.433 e. The maximum atomic E-state index is 14.5. The fraction of sp³-hybridized carbons (Fsp3) is 0.154. The SMILES string of the molecule is COc1ccc(Cn2nc(C)c(-c3nc4c([nH]3)-c3ccncc3Nc3ncccc3-4)c2C(F)(F)F)cc1. The number of imidazole rings is 1. The number of pyridine rings is 2. The number of nitrogens with zero attached hydrogens (tertiary/aromatic N) is 5. The number of nitrogens with one attached hydrogen (secondary N) is 2. The summed E-state index contributed by atoms with van der Waals surface area (Å²) in [6.45, 7) is 1.49. The van der Waals surface area contributed by atoms with Gasteiger partial charge in [-0.2, -0.15) is 18.3 Å². The molecule has 1 aromatic carbocycles. The Hall–Kier alpha value is -4.67. The van der Waals surface area contributed by atoms with Crippen LogP contribution in [0.4, 0.5) is 24.7 Å². The summed E-state index contributed by atoms with van der Waals surface area (Å²) in [5.41, 5.74) is 3.01. The molecule has 11 heteroatoms. The summed E-state index contributed by atoms with van der Waals surface area (Å²) in [5.74, 6) is 1.24. The number of H-pyrrole nitrogens is 1. The molecule has 1 aliphatic rings. The number of aromatic nitrogens is 6. The molecule has 0 saturated heterocycles. The van der Waals surface area contributed by atoms with Gasteiger partial charge in [0, 0.05) is 23.5 Å². The van der Waals surface area contributed by atoms with Gasteiger partial charge in [-0.25, -0.2) is 9.97 Å². The monoisotopic (exact) mass is 503 g/mol. The number of fused-ring (bicyclic) bond motifs is 5. The highest BCUT2D eigenvalue weighted by molar-refractivity contribution is 5.95. The number of benzene rings is 1. The third-order valence-corrected chi connectivity index (χ3v) is 6.23. The third kappa shape index (κ3) is 3.88. The van der Waals surface area contributed by atoms with Crippen molar-refractivity contribution in [1.82, 2.24) is 29.7 Å². The van der Waals surface area contributed by atoms with E-state index < -0.39 is 11.9 Å². The first-order chi connectivity index (χ1) is 17.8. The molecule has 0 unspecified atom stereocenters. The van der Waals surface area contributed by atoms with Crippen molar-refractivity contribution in [1.29, 1.82) is 0 Å². The van der Waals surface area contributed by atoms with Crippen molar-refractivity contribution in [2.45, 2.75) is 19.6 Å². The summed E-state index contributed by atoms with van der Waals surface area (Å²) in [5, 5.41) is 7.52. The van der Waals surface area contributed by atoms with Crippen LogP contribution in [0.15, 0.2) is 61.1 Å². The number of ether oxygens (including phenoxy) is 1. The van der Waals surface area contributed by atoms with E-state index >= 15 is 0 Å². The van der Waals surface area contributed by atoms with Gasteiger partial charge in [-0.3, -0.25) is 9.67 Å². The van der Waals surface area contributed by atoms with Crippen LogP contribution in [0.25, 0.3) is 33.9 Å². The lowest BCUT2D eigenvalue weighted by molar-refractivity contribution is -0.143. The van der Waals surface area contributed by atoms with Gasteiger partial charge in [-0.1, -0.05) is 12.1 Å². The Morgan fingerprint density at radius 3 is 2.59 bits per heavy atom. The zero-order chi connectivity index (χ0) is 25.7. The summed E-state index contributed by atoms with van der Waals surface area (Å²) in [4.78, 5) is 16.4. The minimum Gasteiger partial charge on any atom is -0.497 e. The van der Waals surface area contributed by atoms with Crippen LogP contribution in [-0.2, 0) is 12.7 Å². The molecule has 0 aliphatic carbocycles. The van der Waals surface area contributed by atoms with E-state index in [1.54, 1.807) is 61.9 Å². The first kappa shape index (κ1) is 22.8. The highest BCUT2D eigenvalue weighted by atomic mass is 19.4. The van der Waals surface area contributed by atoms with Crippen molar-refractivity contribution in [3.63, 3.8) is 0 Å². The van der Waals surface area contributed by atoms with Gasteiger partial charge in [0.1, 0.15) is 23.1 Å². The van der Waals surface area contributed by atoms with E-state index in [0.717, 1.165) is 10.2 Å². The molecule has 0 bridgehead atoms. The number of anilines is 2. The number of hydrogen-bond acceptors (Lipinski definition) is 6. The van der Waals surface area contributed by atoms with Crippen molar-refractivity contribution in [3.8, 4) is 39.7 Å². The summed E-state index contributed by atoms with van der Waals surface area (Å²) in [6, 6.07) is 12.2. The molecule has 1 aliphatic heterocycles. The zero-order valence-corrected chi connectivity index (χ0v) is 19.8. The van der Waals surface area contributed by atoms with Gasteiger partial charge < -0.3 is 15.0 Å².